The van der Waals surface area contributed by atoms with Gasteiger partial charge >= 0.3 is 0 Å². The van der Waals surface area contributed by atoms with Gasteiger partial charge in [0.15, 0.2) is 5.13 Å². The fraction of sp³-hybridized carbons (Fsp3) is 0.389. The quantitative estimate of drug-likeness (QED) is 0.761. The number of rotatable bonds is 5. The average molecular weight is 431 g/mol. The highest BCUT2D eigenvalue weighted by Gasteiger charge is 2.37. The van der Waals surface area contributed by atoms with Gasteiger partial charge in [-0.15, -0.1) is 36.2 Å². The van der Waals surface area contributed by atoms with Crippen molar-refractivity contribution in [1.82, 2.24) is 9.88 Å². The van der Waals surface area contributed by atoms with Crippen LogP contribution >= 0.6 is 36.2 Å². The highest BCUT2D eigenvalue weighted by atomic mass is 35.5. The van der Waals surface area contributed by atoms with E-state index < -0.39 is 18.0 Å². The van der Waals surface area contributed by atoms with Crippen LogP contribution < -0.4 is 11.1 Å². The van der Waals surface area contributed by atoms with Crippen molar-refractivity contribution in [3.63, 3.8) is 0 Å². The van der Waals surface area contributed by atoms with Gasteiger partial charge in [-0.3, -0.25) is 9.59 Å². The summed E-state index contributed by atoms with van der Waals surface area (Å²) in [5, 5.41) is 5.15. The minimum absolute atomic E-state index is 0. The molecule has 3 N–H and O–H groups in total. The molecule has 1 aliphatic rings. The van der Waals surface area contributed by atoms with Crippen LogP contribution in [0.3, 0.4) is 0 Å². The number of hydrogen-bond donors (Lipinski definition) is 2. The summed E-state index contributed by atoms with van der Waals surface area (Å²) in [6.45, 7) is 2.41. The predicted octanol–water partition coefficient (Wildman–Crippen LogP) is 3.25. The lowest BCUT2D eigenvalue weighted by Gasteiger charge is -2.29. The second kappa shape index (κ2) is 10.6. The zero-order valence-electron chi connectivity index (χ0n) is 14.9. The Morgan fingerprint density at radius 1 is 1.30 bits per heavy atom. The molecule has 2 aromatic rings. The van der Waals surface area contributed by atoms with E-state index in [1.54, 1.807) is 16.5 Å². The number of aromatic nitrogens is 1. The van der Waals surface area contributed by atoms with Crippen molar-refractivity contribution in [1.29, 1.82) is 0 Å². The van der Waals surface area contributed by atoms with Crippen LogP contribution in [-0.2, 0) is 9.59 Å². The molecule has 1 saturated heterocycles. The van der Waals surface area contributed by atoms with E-state index in [4.69, 9.17) is 5.73 Å². The molecular formula is C18H24Cl2N4O2S. The van der Waals surface area contributed by atoms with Gasteiger partial charge < -0.3 is 16.0 Å². The SMILES string of the molecule is CC(C(=O)N1CCCC1C(=O)Nc1nccs1)C(N)c1ccccc1.Cl.Cl. The first kappa shape index (κ1) is 23.4. The van der Waals surface area contributed by atoms with E-state index in [2.05, 4.69) is 10.3 Å². The molecule has 3 atom stereocenters. The van der Waals surface area contributed by atoms with Gasteiger partial charge in [0.05, 0.1) is 5.92 Å². The maximum absolute atomic E-state index is 12.9. The van der Waals surface area contributed by atoms with Crippen molar-refractivity contribution in [2.75, 3.05) is 11.9 Å². The Bertz CT molecular complexity index is 730. The third kappa shape index (κ3) is 5.42. The van der Waals surface area contributed by atoms with E-state index in [1.807, 2.05) is 37.3 Å². The minimum Gasteiger partial charge on any atom is -0.330 e. The van der Waals surface area contributed by atoms with E-state index in [0.29, 0.717) is 18.1 Å². The molecule has 1 fully saturated rings. The highest BCUT2D eigenvalue weighted by molar-refractivity contribution is 7.13. The van der Waals surface area contributed by atoms with Gasteiger partial charge in [-0.25, -0.2) is 4.98 Å². The fourth-order valence-corrected chi connectivity index (χ4v) is 3.69. The molecule has 2 amide bonds. The van der Waals surface area contributed by atoms with Gasteiger partial charge in [-0.05, 0) is 18.4 Å². The summed E-state index contributed by atoms with van der Waals surface area (Å²) >= 11 is 1.36. The van der Waals surface area contributed by atoms with Crippen LogP contribution in [-0.4, -0.2) is 34.3 Å². The first-order valence-electron chi connectivity index (χ1n) is 8.39. The van der Waals surface area contributed by atoms with E-state index >= 15 is 0 Å². The maximum Gasteiger partial charge on any atom is 0.248 e. The molecule has 0 saturated carbocycles. The number of halogens is 2. The Hall–Kier alpha value is -1.67. The smallest absolute Gasteiger partial charge is 0.248 e. The number of nitrogens with one attached hydrogen (secondary N) is 1. The number of amides is 2. The largest absolute Gasteiger partial charge is 0.330 e. The van der Waals surface area contributed by atoms with Crippen molar-refractivity contribution >= 4 is 53.1 Å². The monoisotopic (exact) mass is 430 g/mol. The molecule has 0 aliphatic carbocycles. The van der Waals surface area contributed by atoms with Crippen LogP contribution in [0.2, 0.25) is 0 Å². The molecule has 1 aromatic carbocycles. The van der Waals surface area contributed by atoms with Gasteiger partial charge in [-0.2, -0.15) is 0 Å². The first-order valence-corrected chi connectivity index (χ1v) is 9.27. The molecule has 6 nitrogen and oxygen atoms in total. The molecule has 3 rings (SSSR count). The lowest BCUT2D eigenvalue weighted by molar-refractivity contribution is -0.140. The number of hydrogen-bond acceptors (Lipinski definition) is 5. The minimum atomic E-state index is -0.457. The summed E-state index contributed by atoms with van der Waals surface area (Å²) in [6, 6.07) is 8.73. The molecule has 2 heterocycles. The van der Waals surface area contributed by atoms with Crippen LogP contribution in [0, 0.1) is 5.92 Å². The standard InChI is InChI=1S/C18H22N4O2S.2ClH/c1-12(15(19)13-6-3-2-4-7-13)17(24)22-10-5-8-14(22)16(23)21-18-20-9-11-25-18;;/h2-4,6-7,9,11-12,14-15H,5,8,10,19H2,1H3,(H,20,21,23);2*1H. The molecule has 27 heavy (non-hydrogen) atoms. The van der Waals surface area contributed by atoms with Crippen LogP contribution in [0.1, 0.15) is 31.4 Å². The van der Waals surface area contributed by atoms with Crippen molar-refractivity contribution in [2.45, 2.75) is 31.8 Å². The van der Waals surface area contributed by atoms with E-state index in [-0.39, 0.29) is 36.6 Å². The number of carbonyl (C=O) groups excluding carboxylic acids is 2. The normalized spacial score (nSPS) is 18.0. The van der Waals surface area contributed by atoms with Crippen molar-refractivity contribution < 1.29 is 9.59 Å². The number of anilines is 1. The Morgan fingerprint density at radius 2 is 2.00 bits per heavy atom. The molecule has 0 bridgehead atoms. The summed E-state index contributed by atoms with van der Waals surface area (Å²) in [5.41, 5.74) is 7.20. The van der Waals surface area contributed by atoms with Crippen LogP contribution in [0.25, 0.3) is 0 Å². The molecule has 1 aromatic heterocycles. The Morgan fingerprint density at radius 3 is 2.63 bits per heavy atom. The summed E-state index contributed by atoms with van der Waals surface area (Å²) in [5.74, 6) is -0.648. The zero-order valence-corrected chi connectivity index (χ0v) is 17.4. The highest BCUT2D eigenvalue weighted by Crippen LogP contribution is 2.26. The van der Waals surface area contributed by atoms with Crippen LogP contribution in [0.15, 0.2) is 41.9 Å². The zero-order chi connectivity index (χ0) is 17.8. The molecule has 3 unspecified atom stereocenters. The van der Waals surface area contributed by atoms with Crippen molar-refractivity contribution in [2.24, 2.45) is 11.7 Å². The average Bonchev–Trinajstić information content (AvgIpc) is 3.32. The molecule has 0 spiro atoms. The second-order valence-electron chi connectivity index (χ2n) is 6.24. The summed E-state index contributed by atoms with van der Waals surface area (Å²) in [7, 11) is 0. The number of carbonyl (C=O) groups is 2. The number of thiazole rings is 1. The van der Waals surface area contributed by atoms with Crippen molar-refractivity contribution in [3.05, 3.63) is 47.5 Å². The number of likely N-dealkylation sites (tertiary alicyclic amines) is 1. The third-order valence-corrected chi connectivity index (χ3v) is 5.30. The Labute approximate surface area is 175 Å². The lowest BCUT2D eigenvalue weighted by atomic mass is 9.94. The van der Waals surface area contributed by atoms with E-state index in [0.717, 1.165) is 12.0 Å². The van der Waals surface area contributed by atoms with Gasteiger partial charge in [0.1, 0.15) is 6.04 Å². The molecule has 0 radical (unpaired) electrons. The van der Waals surface area contributed by atoms with Crippen LogP contribution in [0.5, 0.6) is 0 Å². The van der Waals surface area contributed by atoms with Gasteiger partial charge in [0, 0.05) is 24.2 Å². The molecule has 148 valence electrons. The number of benzene rings is 1. The second-order valence-corrected chi connectivity index (χ2v) is 7.14. The lowest BCUT2D eigenvalue weighted by Crippen LogP contribution is -2.47. The summed E-state index contributed by atoms with van der Waals surface area (Å²) < 4.78 is 0. The van der Waals surface area contributed by atoms with Crippen LogP contribution in [0.4, 0.5) is 5.13 Å². The number of nitrogens with zero attached hydrogens (tertiary/aromatic N) is 2. The Balaban J connectivity index is 0.00000182. The predicted molar refractivity (Wildman–Crippen MR) is 113 cm³/mol. The van der Waals surface area contributed by atoms with E-state index in [1.165, 1.54) is 11.3 Å². The van der Waals surface area contributed by atoms with Gasteiger partial charge in [0.2, 0.25) is 11.8 Å². The maximum atomic E-state index is 12.9. The van der Waals surface area contributed by atoms with E-state index in [9.17, 15) is 9.59 Å². The van der Waals surface area contributed by atoms with Gasteiger partial charge in [-0.1, -0.05) is 37.3 Å². The topological polar surface area (TPSA) is 88.3 Å². The fourth-order valence-electron chi connectivity index (χ4n) is 3.16. The van der Waals surface area contributed by atoms with Crippen molar-refractivity contribution in [3.8, 4) is 0 Å². The van der Waals surface area contributed by atoms with Gasteiger partial charge in [0.25, 0.3) is 0 Å². The summed E-state index contributed by atoms with van der Waals surface area (Å²) in [6.07, 6.45) is 3.12. The molecule has 9 heteroatoms. The third-order valence-electron chi connectivity index (χ3n) is 4.61. The molecule has 1 aliphatic heterocycles. The Kier molecular flexibility index (Phi) is 9.18. The first-order chi connectivity index (χ1) is 12.1. The summed E-state index contributed by atoms with van der Waals surface area (Å²) in [4.78, 5) is 31.2. The molecular weight excluding hydrogens is 407 g/mol. The number of nitrogens with two attached hydrogens (primary N) is 1.